The highest BCUT2D eigenvalue weighted by atomic mass is 79.9. The summed E-state index contributed by atoms with van der Waals surface area (Å²) in [5.41, 5.74) is 6.83. The first-order valence-electron chi connectivity index (χ1n) is 7.49. The highest BCUT2D eigenvalue weighted by molar-refractivity contribution is 9.13. The van der Waals surface area contributed by atoms with Gasteiger partial charge in [-0.25, -0.2) is 0 Å². The number of amides is 1. The molecule has 0 aliphatic rings. The Morgan fingerprint density at radius 3 is 2.92 bits per heavy atom. The van der Waals surface area contributed by atoms with Crippen molar-refractivity contribution < 1.29 is 14.5 Å². The van der Waals surface area contributed by atoms with E-state index in [0.29, 0.717) is 28.4 Å². The van der Waals surface area contributed by atoms with Gasteiger partial charge in [-0.1, -0.05) is 6.08 Å². The molecule has 0 bridgehead atoms. The molecule has 8 nitrogen and oxygen atoms in total. The lowest BCUT2D eigenvalue weighted by Gasteiger charge is -1.99. The third-order valence-electron chi connectivity index (χ3n) is 3.39. The zero-order valence-corrected chi connectivity index (χ0v) is 16.5. The van der Waals surface area contributed by atoms with Crippen molar-refractivity contribution in [1.82, 2.24) is 20.3 Å². The topological polar surface area (TPSA) is 124 Å². The fraction of sp³-hybridized carbons (Fsp3) is 0.0625. The van der Waals surface area contributed by atoms with Crippen LogP contribution in [0.2, 0.25) is 0 Å². The maximum Gasteiger partial charge on any atom is 0.355 e. The molecule has 0 unspecified atom stereocenters. The number of nitrogens with two attached hydrogens (primary N) is 1. The van der Waals surface area contributed by atoms with Crippen LogP contribution in [0.1, 0.15) is 16.2 Å². The zero-order valence-electron chi connectivity index (χ0n) is 13.3. The third-order valence-corrected chi connectivity index (χ3v) is 5.18. The van der Waals surface area contributed by atoms with Gasteiger partial charge in [0.15, 0.2) is 5.75 Å². The molecule has 0 radical (unpaired) electrons. The number of hydrogen-bond acceptors (Lipinski definition) is 4. The molecule has 0 fully saturated rings. The van der Waals surface area contributed by atoms with Gasteiger partial charge in [0.25, 0.3) is 5.91 Å². The van der Waals surface area contributed by atoms with E-state index in [1.54, 1.807) is 41.1 Å². The van der Waals surface area contributed by atoms with Gasteiger partial charge in [-0.05, 0) is 61.1 Å². The first-order chi connectivity index (χ1) is 12.4. The number of rotatable bonds is 5. The van der Waals surface area contributed by atoms with Crippen molar-refractivity contribution in [3.05, 3.63) is 57.1 Å². The van der Waals surface area contributed by atoms with E-state index in [1.165, 1.54) is 6.20 Å². The Morgan fingerprint density at radius 1 is 1.42 bits per heavy atom. The van der Waals surface area contributed by atoms with Crippen LogP contribution in [0.15, 0.2) is 45.7 Å². The molecule has 10 heteroatoms. The lowest BCUT2D eigenvalue weighted by Crippen LogP contribution is -2.30. The predicted molar refractivity (Wildman–Crippen MR) is 104 cm³/mol. The molecule has 3 aromatic heterocycles. The summed E-state index contributed by atoms with van der Waals surface area (Å²) in [5.74, 6) is 0.672. The molecule has 3 aromatic rings. The number of nitrogens with one attached hydrogen (secondary N) is 3. The van der Waals surface area contributed by atoms with Crippen LogP contribution < -0.4 is 15.6 Å². The second-order valence-electron chi connectivity index (χ2n) is 5.29. The summed E-state index contributed by atoms with van der Waals surface area (Å²) in [5, 5.41) is 12.4. The third kappa shape index (κ3) is 4.14. The van der Waals surface area contributed by atoms with E-state index in [-0.39, 0.29) is 17.6 Å². The number of carbonyl (C=O) groups is 1. The number of aromatic nitrogens is 4. The van der Waals surface area contributed by atoms with Gasteiger partial charge >= 0.3 is 11.8 Å². The molecule has 0 aliphatic heterocycles. The number of pyridine rings is 1. The number of H-pyrrole nitrogens is 2. The second kappa shape index (κ2) is 7.75. The van der Waals surface area contributed by atoms with Crippen LogP contribution in [0.5, 0.6) is 5.75 Å². The minimum Gasteiger partial charge on any atom is -0.504 e. The van der Waals surface area contributed by atoms with Crippen molar-refractivity contribution in [2.24, 2.45) is 0 Å². The molecule has 134 valence electrons. The molecule has 1 amide bonds. The number of aromatic amines is 2. The van der Waals surface area contributed by atoms with Gasteiger partial charge < -0.3 is 21.1 Å². The number of imidazole rings is 1. The summed E-state index contributed by atoms with van der Waals surface area (Å²) in [6.07, 6.45) is 6.80. The van der Waals surface area contributed by atoms with E-state index < -0.39 is 0 Å². The van der Waals surface area contributed by atoms with Gasteiger partial charge in [0.2, 0.25) is 0 Å². The van der Waals surface area contributed by atoms with Crippen LogP contribution >= 0.6 is 31.9 Å². The molecule has 0 atom stereocenters. The smallest absolute Gasteiger partial charge is 0.355 e. The average molecular weight is 483 g/mol. The fourth-order valence-corrected chi connectivity index (χ4v) is 2.91. The van der Waals surface area contributed by atoms with Crippen LogP contribution in [0.25, 0.3) is 11.9 Å². The van der Waals surface area contributed by atoms with Crippen LogP contribution in [0, 0.1) is 0 Å². The highest BCUT2D eigenvalue weighted by Crippen LogP contribution is 2.22. The summed E-state index contributed by atoms with van der Waals surface area (Å²) in [7, 11) is 0. The maximum absolute atomic E-state index is 12.1. The van der Waals surface area contributed by atoms with Crippen molar-refractivity contribution >= 4 is 49.8 Å². The Hall–Kier alpha value is -2.59. The molecular formula is C16H15Br2N6O2+. The molecular weight excluding hydrogens is 468 g/mol. The van der Waals surface area contributed by atoms with E-state index in [2.05, 4.69) is 52.1 Å². The van der Waals surface area contributed by atoms with Crippen LogP contribution in [-0.2, 0) is 0 Å². The second-order valence-corrected chi connectivity index (χ2v) is 6.93. The van der Waals surface area contributed by atoms with Crippen molar-refractivity contribution in [2.75, 3.05) is 12.3 Å². The SMILES string of the molecule is Nc1nc(-[n+]2cccc(O)c2)c(/C=C/CNC(=O)c2cc(Br)c(Br)[nH]2)[nH]1. The standard InChI is InChI=1S/C16H14Br2N6O2/c17-10-7-12(21-13(10)18)15(26)20-5-1-4-11-14(23-16(19)22-11)24-6-2-3-9(25)8-24/h1-4,6-8H,5H2,(H5-,19,20,21,22,23,25,26)/p+1/b4-1+. The molecule has 6 N–H and O–H groups in total. The molecule has 3 heterocycles. The van der Waals surface area contributed by atoms with Gasteiger partial charge in [0.1, 0.15) is 17.6 Å². The molecule has 0 saturated carbocycles. The minimum absolute atomic E-state index is 0.111. The van der Waals surface area contributed by atoms with E-state index in [9.17, 15) is 9.90 Å². The number of carbonyl (C=O) groups excluding carboxylic acids is 1. The lowest BCUT2D eigenvalue weighted by molar-refractivity contribution is -0.600. The van der Waals surface area contributed by atoms with Gasteiger partial charge in [0.05, 0.1) is 15.3 Å². The van der Waals surface area contributed by atoms with E-state index in [1.807, 2.05) is 0 Å². The summed E-state index contributed by atoms with van der Waals surface area (Å²) < 4.78 is 3.13. The van der Waals surface area contributed by atoms with Gasteiger partial charge in [-0.15, -0.1) is 0 Å². The molecule has 0 spiro atoms. The first-order valence-corrected chi connectivity index (χ1v) is 9.07. The van der Waals surface area contributed by atoms with Crippen LogP contribution in [0.4, 0.5) is 5.95 Å². The minimum atomic E-state index is -0.229. The number of halogens is 2. The fourth-order valence-electron chi connectivity index (χ4n) is 2.25. The average Bonchev–Trinajstić information content (AvgIpc) is 3.14. The maximum atomic E-state index is 12.1. The summed E-state index contributed by atoms with van der Waals surface area (Å²) in [6, 6.07) is 4.95. The molecule has 26 heavy (non-hydrogen) atoms. The zero-order chi connectivity index (χ0) is 18.7. The van der Waals surface area contributed by atoms with Gasteiger partial charge in [-0.2, -0.15) is 4.57 Å². The van der Waals surface area contributed by atoms with Gasteiger partial charge in [0, 0.05) is 6.54 Å². The first kappa shape index (κ1) is 18.2. The number of aromatic hydroxyl groups is 1. The normalized spacial score (nSPS) is 11.2. The number of nitrogen functional groups attached to an aromatic ring is 1. The summed E-state index contributed by atoms with van der Waals surface area (Å²) >= 11 is 6.61. The van der Waals surface area contributed by atoms with Crippen molar-refractivity contribution in [2.45, 2.75) is 0 Å². The summed E-state index contributed by atoms with van der Waals surface area (Å²) in [6.45, 7) is 0.316. The van der Waals surface area contributed by atoms with Crippen molar-refractivity contribution in [1.29, 1.82) is 0 Å². The van der Waals surface area contributed by atoms with Crippen molar-refractivity contribution in [3.63, 3.8) is 0 Å². The quantitative estimate of drug-likeness (QED) is 0.358. The number of anilines is 1. The lowest BCUT2D eigenvalue weighted by atomic mass is 10.3. The molecule has 0 aliphatic carbocycles. The number of nitrogens with zero attached hydrogens (tertiary/aromatic N) is 2. The van der Waals surface area contributed by atoms with Crippen LogP contribution in [0.3, 0.4) is 0 Å². The Kier molecular flexibility index (Phi) is 5.43. The highest BCUT2D eigenvalue weighted by Gasteiger charge is 2.18. The Morgan fingerprint density at radius 2 is 2.23 bits per heavy atom. The van der Waals surface area contributed by atoms with E-state index >= 15 is 0 Å². The number of hydrogen-bond donors (Lipinski definition) is 5. The largest absolute Gasteiger partial charge is 0.504 e. The Bertz CT molecular complexity index is 960. The Labute approximate surface area is 165 Å². The molecule has 3 rings (SSSR count). The summed E-state index contributed by atoms with van der Waals surface area (Å²) in [4.78, 5) is 22.1. The van der Waals surface area contributed by atoms with E-state index in [0.717, 1.165) is 4.47 Å². The predicted octanol–water partition coefficient (Wildman–Crippen LogP) is 2.27. The monoisotopic (exact) mass is 481 g/mol. The molecule has 0 aromatic carbocycles. The van der Waals surface area contributed by atoms with Crippen LogP contribution in [-0.4, -0.2) is 32.5 Å². The van der Waals surface area contributed by atoms with E-state index in [4.69, 9.17) is 5.73 Å². The molecule has 0 saturated heterocycles. The Balaban J connectivity index is 1.68. The van der Waals surface area contributed by atoms with Gasteiger partial charge in [-0.3, -0.25) is 9.78 Å². The van der Waals surface area contributed by atoms with Crippen molar-refractivity contribution in [3.8, 4) is 11.6 Å².